The van der Waals surface area contributed by atoms with Crippen molar-refractivity contribution < 1.29 is 22.3 Å². The van der Waals surface area contributed by atoms with Crippen LogP contribution in [0.5, 0.6) is 0 Å². The second-order valence-corrected chi connectivity index (χ2v) is 9.52. The minimum Gasteiger partial charge on any atom is -0.383 e. The zero-order chi connectivity index (χ0) is 19.6. The fraction of sp³-hybridized carbons (Fsp3) is 0.529. The maximum atomic E-state index is 14.3. The summed E-state index contributed by atoms with van der Waals surface area (Å²) in [6, 6.07) is 4.77. The number of hydrogen-bond acceptors (Lipinski definition) is 5. The Kier molecular flexibility index (Phi) is 6.09. The van der Waals surface area contributed by atoms with Crippen LogP contribution < -0.4 is 4.80 Å². The Morgan fingerprint density at radius 2 is 2.22 bits per heavy atom. The number of fused-ring (bicyclic) bond motifs is 1. The minimum absolute atomic E-state index is 0.137. The van der Waals surface area contributed by atoms with Crippen LogP contribution in [0.15, 0.2) is 23.2 Å². The van der Waals surface area contributed by atoms with E-state index >= 15 is 0 Å². The summed E-state index contributed by atoms with van der Waals surface area (Å²) in [4.78, 5) is 17.3. The highest BCUT2D eigenvalue weighted by Crippen LogP contribution is 2.22. The number of ether oxygens (including phenoxy) is 1. The highest BCUT2D eigenvalue weighted by atomic mass is 32.2. The van der Waals surface area contributed by atoms with Crippen molar-refractivity contribution in [1.29, 1.82) is 0 Å². The van der Waals surface area contributed by atoms with E-state index in [9.17, 15) is 17.6 Å². The molecule has 1 aromatic heterocycles. The molecule has 1 saturated heterocycles. The average Bonchev–Trinajstić information content (AvgIpc) is 2.97. The van der Waals surface area contributed by atoms with Gasteiger partial charge in [-0.2, -0.15) is 4.99 Å². The summed E-state index contributed by atoms with van der Waals surface area (Å²) in [7, 11) is -1.79. The van der Waals surface area contributed by atoms with Crippen LogP contribution >= 0.6 is 11.3 Å². The van der Waals surface area contributed by atoms with Gasteiger partial charge in [-0.25, -0.2) is 17.1 Å². The van der Waals surface area contributed by atoms with Crippen molar-refractivity contribution in [2.45, 2.75) is 19.4 Å². The molecule has 0 radical (unpaired) electrons. The van der Waals surface area contributed by atoms with E-state index < -0.39 is 15.9 Å². The number of rotatable bonds is 5. The summed E-state index contributed by atoms with van der Waals surface area (Å²) in [6.45, 7) is 1.28. The number of piperidine rings is 1. The van der Waals surface area contributed by atoms with E-state index in [1.165, 1.54) is 21.7 Å². The molecule has 148 valence electrons. The van der Waals surface area contributed by atoms with Gasteiger partial charge in [0.05, 0.1) is 29.0 Å². The number of aromatic nitrogens is 1. The molecule has 0 saturated carbocycles. The number of amides is 1. The Bertz CT molecular complexity index is 1010. The van der Waals surface area contributed by atoms with Gasteiger partial charge in [-0.1, -0.05) is 17.4 Å². The maximum Gasteiger partial charge on any atom is 0.252 e. The molecule has 2 heterocycles. The zero-order valence-electron chi connectivity index (χ0n) is 15.2. The molecule has 0 bridgehead atoms. The van der Waals surface area contributed by atoms with Gasteiger partial charge in [-0.3, -0.25) is 4.79 Å². The molecule has 1 aliphatic rings. The van der Waals surface area contributed by atoms with E-state index in [0.29, 0.717) is 47.6 Å². The van der Waals surface area contributed by atoms with Crippen LogP contribution in [0.3, 0.4) is 0 Å². The molecule has 3 rings (SSSR count). The SMILES string of the molecule is COCCn1c(=NC(=O)C2CCCN(S(C)(=O)=O)C2)sc2cccc(F)c21. The lowest BCUT2D eigenvalue weighted by atomic mass is 9.99. The summed E-state index contributed by atoms with van der Waals surface area (Å²) in [5.41, 5.74) is 0.396. The first kappa shape index (κ1) is 20.1. The Morgan fingerprint density at radius 1 is 1.44 bits per heavy atom. The van der Waals surface area contributed by atoms with Crippen molar-refractivity contribution in [3.05, 3.63) is 28.8 Å². The van der Waals surface area contributed by atoms with E-state index in [1.807, 2.05) is 0 Å². The number of para-hydroxylation sites is 1. The summed E-state index contributed by atoms with van der Waals surface area (Å²) < 4.78 is 46.6. The molecule has 7 nitrogen and oxygen atoms in total. The molecule has 1 fully saturated rings. The van der Waals surface area contributed by atoms with Crippen molar-refractivity contribution in [3.63, 3.8) is 0 Å². The van der Waals surface area contributed by atoms with Crippen LogP contribution in [0.1, 0.15) is 12.8 Å². The Balaban J connectivity index is 1.97. The van der Waals surface area contributed by atoms with Gasteiger partial charge in [-0.05, 0) is 25.0 Å². The summed E-state index contributed by atoms with van der Waals surface area (Å²) in [5, 5.41) is 0. The van der Waals surface area contributed by atoms with Gasteiger partial charge in [0.25, 0.3) is 5.91 Å². The number of thiazole rings is 1. The number of methoxy groups -OCH3 is 1. The predicted molar refractivity (Wildman–Crippen MR) is 101 cm³/mol. The smallest absolute Gasteiger partial charge is 0.252 e. The van der Waals surface area contributed by atoms with Crippen LogP contribution in [-0.4, -0.2) is 56.3 Å². The number of hydrogen-bond donors (Lipinski definition) is 0. The molecule has 1 atom stereocenters. The van der Waals surface area contributed by atoms with Crippen LogP contribution in [0.2, 0.25) is 0 Å². The van der Waals surface area contributed by atoms with Crippen molar-refractivity contribution in [2.75, 3.05) is 33.1 Å². The van der Waals surface area contributed by atoms with Crippen LogP contribution in [0.4, 0.5) is 4.39 Å². The van der Waals surface area contributed by atoms with Gasteiger partial charge in [0.15, 0.2) is 4.80 Å². The number of nitrogens with zero attached hydrogens (tertiary/aromatic N) is 3. The van der Waals surface area contributed by atoms with Crippen LogP contribution in [0.25, 0.3) is 10.2 Å². The molecule has 0 spiro atoms. The topological polar surface area (TPSA) is 81.0 Å². The first-order valence-electron chi connectivity index (χ1n) is 8.61. The quantitative estimate of drug-likeness (QED) is 0.743. The zero-order valence-corrected chi connectivity index (χ0v) is 16.9. The lowest BCUT2D eigenvalue weighted by Crippen LogP contribution is -2.41. The lowest BCUT2D eigenvalue weighted by molar-refractivity contribution is -0.122. The van der Waals surface area contributed by atoms with Gasteiger partial charge in [0.2, 0.25) is 10.0 Å². The molecule has 1 aliphatic heterocycles. The predicted octanol–water partition coefficient (Wildman–Crippen LogP) is 1.59. The molecule has 1 unspecified atom stereocenters. The highest BCUT2D eigenvalue weighted by molar-refractivity contribution is 7.88. The van der Waals surface area contributed by atoms with Gasteiger partial charge < -0.3 is 9.30 Å². The average molecular weight is 416 g/mol. The van der Waals surface area contributed by atoms with E-state index in [1.54, 1.807) is 23.8 Å². The standard InChI is InChI=1S/C17H22FN3O4S2/c1-25-10-9-21-15-13(18)6-3-7-14(15)26-17(21)19-16(22)12-5-4-8-20(11-12)27(2,23)24/h3,6-7,12H,4-5,8-11H2,1-2H3. The maximum absolute atomic E-state index is 14.3. The second-order valence-electron chi connectivity index (χ2n) is 6.53. The molecule has 2 aromatic rings. The van der Waals surface area contributed by atoms with Crippen LogP contribution in [-0.2, 0) is 26.1 Å². The molecule has 1 aromatic carbocycles. The van der Waals surface area contributed by atoms with E-state index in [-0.39, 0.29) is 18.3 Å². The van der Waals surface area contributed by atoms with E-state index in [4.69, 9.17) is 4.74 Å². The van der Waals surface area contributed by atoms with Crippen molar-refractivity contribution >= 4 is 37.5 Å². The lowest BCUT2D eigenvalue weighted by Gasteiger charge is -2.28. The Hall–Kier alpha value is -1.62. The van der Waals surface area contributed by atoms with Gasteiger partial charge in [-0.15, -0.1) is 0 Å². The summed E-state index contributed by atoms with van der Waals surface area (Å²) in [5.74, 6) is -1.24. The minimum atomic E-state index is -3.34. The first-order chi connectivity index (χ1) is 12.8. The molecule has 10 heteroatoms. The van der Waals surface area contributed by atoms with Crippen molar-refractivity contribution in [2.24, 2.45) is 10.9 Å². The van der Waals surface area contributed by atoms with Crippen LogP contribution in [0, 0.1) is 11.7 Å². The first-order valence-corrected chi connectivity index (χ1v) is 11.3. The molecular weight excluding hydrogens is 393 g/mol. The third kappa shape index (κ3) is 4.45. The molecular formula is C17H22FN3O4S2. The Morgan fingerprint density at radius 3 is 2.93 bits per heavy atom. The van der Waals surface area contributed by atoms with E-state index in [0.717, 1.165) is 6.26 Å². The highest BCUT2D eigenvalue weighted by Gasteiger charge is 2.30. The van der Waals surface area contributed by atoms with E-state index in [2.05, 4.69) is 4.99 Å². The van der Waals surface area contributed by atoms with Gasteiger partial charge in [0.1, 0.15) is 5.82 Å². The van der Waals surface area contributed by atoms with Gasteiger partial charge >= 0.3 is 0 Å². The molecule has 0 N–H and O–H groups in total. The number of carbonyl (C=O) groups is 1. The monoisotopic (exact) mass is 415 g/mol. The fourth-order valence-corrected chi connectivity index (χ4v) is 5.18. The number of sulfonamides is 1. The van der Waals surface area contributed by atoms with Crippen molar-refractivity contribution in [1.82, 2.24) is 8.87 Å². The normalized spacial score (nSPS) is 19.7. The number of benzene rings is 1. The van der Waals surface area contributed by atoms with Crippen molar-refractivity contribution in [3.8, 4) is 0 Å². The Labute approximate surface area is 161 Å². The van der Waals surface area contributed by atoms with Gasteiger partial charge in [0, 0.05) is 26.7 Å². The molecule has 1 amide bonds. The fourth-order valence-electron chi connectivity index (χ4n) is 3.19. The summed E-state index contributed by atoms with van der Waals surface area (Å²) >= 11 is 1.24. The third-order valence-electron chi connectivity index (χ3n) is 4.58. The molecule has 0 aliphatic carbocycles. The number of carbonyl (C=O) groups excluding carboxylic acids is 1. The summed E-state index contributed by atoms with van der Waals surface area (Å²) in [6.07, 6.45) is 2.35. The molecule has 27 heavy (non-hydrogen) atoms. The third-order valence-corrected chi connectivity index (χ3v) is 6.89. The largest absolute Gasteiger partial charge is 0.383 e. The second kappa shape index (κ2) is 8.17. The number of halogens is 1.